The smallest absolute Gasteiger partial charge is 0.338 e. The van der Waals surface area contributed by atoms with Crippen LogP contribution in [0.2, 0.25) is 0 Å². The molecule has 0 saturated carbocycles. The van der Waals surface area contributed by atoms with Crippen LogP contribution < -0.4 is 4.90 Å². The molecular formula is C18H20N4O3. The number of hydrogen-bond donors (Lipinski definition) is 0. The molecule has 3 rings (SSSR count). The molecule has 0 unspecified atom stereocenters. The summed E-state index contributed by atoms with van der Waals surface area (Å²) < 4.78 is 5.17. The maximum Gasteiger partial charge on any atom is 0.338 e. The number of benzene rings is 1. The fourth-order valence-electron chi connectivity index (χ4n) is 2.71. The van der Waals surface area contributed by atoms with Gasteiger partial charge in [-0.1, -0.05) is 18.2 Å². The van der Waals surface area contributed by atoms with Crippen LogP contribution in [0, 0.1) is 6.92 Å². The summed E-state index contributed by atoms with van der Waals surface area (Å²) in [5.74, 6) is 0.0129. The summed E-state index contributed by atoms with van der Waals surface area (Å²) in [4.78, 5) is 36.5. The van der Waals surface area contributed by atoms with E-state index in [1.807, 2.05) is 24.0 Å². The van der Waals surface area contributed by atoms with Crippen molar-refractivity contribution in [3.05, 3.63) is 53.9 Å². The van der Waals surface area contributed by atoms with Gasteiger partial charge in [-0.25, -0.2) is 14.8 Å². The summed E-state index contributed by atoms with van der Waals surface area (Å²) in [6.07, 6.45) is 3.40. The van der Waals surface area contributed by atoms with Gasteiger partial charge in [0.25, 0.3) is 5.91 Å². The molecular weight excluding hydrogens is 320 g/mol. The van der Waals surface area contributed by atoms with E-state index in [0.29, 0.717) is 37.7 Å². The van der Waals surface area contributed by atoms with Gasteiger partial charge in [0.1, 0.15) is 0 Å². The third-order valence-corrected chi connectivity index (χ3v) is 4.16. The standard InChI is InChI=1S/C18H20N4O3/c1-14-5-2-3-6-15(14)17(24)25-13-16(23)21-9-11-22(12-10-21)18-19-7-4-8-20-18/h2-8H,9-13H2,1H3. The number of carbonyl (C=O) groups excluding carboxylic acids is 2. The summed E-state index contributed by atoms with van der Waals surface area (Å²) >= 11 is 0. The minimum Gasteiger partial charge on any atom is -0.452 e. The van der Waals surface area contributed by atoms with Gasteiger partial charge in [0.15, 0.2) is 6.61 Å². The molecule has 2 heterocycles. The predicted octanol–water partition coefficient (Wildman–Crippen LogP) is 1.29. The minimum atomic E-state index is -0.470. The van der Waals surface area contributed by atoms with Crippen molar-refractivity contribution < 1.29 is 14.3 Å². The number of nitrogens with zero attached hydrogens (tertiary/aromatic N) is 4. The average Bonchev–Trinajstić information content (AvgIpc) is 2.67. The number of aromatic nitrogens is 2. The van der Waals surface area contributed by atoms with Gasteiger partial charge in [0.05, 0.1) is 5.56 Å². The first-order valence-corrected chi connectivity index (χ1v) is 8.17. The van der Waals surface area contributed by atoms with E-state index in [2.05, 4.69) is 9.97 Å². The van der Waals surface area contributed by atoms with Crippen molar-refractivity contribution in [2.45, 2.75) is 6.92 Å². The summed E-state index contributed by atoms with van der Waals surface area (Å²) in [5.41, 5.74) is 1.32. The molecule has 7 nitrogen and oxygen atoms in total. The van der Waals surface area contributed by atoms with Crippen molar-refractivity contribution in [1.82, 2.24) is 14.9 Å². The van der Waals surface area contributed by atoms with Crippen LogP contribution in [0.3, 0.4) is 0 Å². The molecule has 0 aliphatic carbocycles. The Morgan fingerprint density at radius 3 is 2.40 bits per heavy atom. The number of esters is 1. The average molecular weight is 340 g/mol. The second-order valence-corrected chi connectivity index (χ2v) is 5.81. The summed E-state index contributed by atoms with van der Waals surface area (Å²) in [6, 6.07) is 8.93. The molecule has 7 heteroatoms. The lowest BCUT2D eigenvalue weighted by Gasteiger charge is -2.34. The van der Waals surface area contributed by atoms with Crippen molar-refractivity contribution >= 4 is 17.8 Å². The Balaban J connectivity index is 1.48. The molecule has 1 aromatic carbocycles. The summed E-state index contributed by atoms with van der Waals surface area (Å²) in [5, 5.41) is 0. The Hall–Kier alpha value is -2.96. The zero-order valence-corrected chi connectivity index (χ0v) is 14.1. The van der Waals surface area contributed by atoms with E-state index in [9.17, 15) is 9.59 Å². The first-order valence-electron chi connectivity index (χ1n) is 8.17. The second kappa shape index (κ2) is 7.74. The van der Waals surface area contributed by atoms with Crippen LogP contribution in [0.1, 0.15) is 15.9 Å². The second-order valence-electron chi connectivity index (χ2n) is 5.81. The van der Waals surface area contributed by atoms with Gasteiger partial charge >= 0.3 is 5.97 Å². The van der Waals surface area contributed by atoms with Crippen molar-refractivity contribution in [3.8, 4) is 0 Å². The van der Waals surface area contributed by atoms with Gasteiger partial charge in [0.2, 0.25) is 5.95 Å². The number of anilines is 1. The van der Waals surface area contributed by atoms with Crippen LogP contribution in [0.25, 0.3) is 0 Å². The Labute approximate surface area is 146 Å². The Morgan fingerprint density at radius 1 is 1.04 bits per heavy atom. The Kier molecular flexibility index (Phi) is 5.23. The molecule has 1 aliphatic heterocycles. The van der Waals surface area contributed by atoms with E-state index in [0.717, 1.165) is 5.56 Å². The van der Waals surface area contributed by atoms with Gasteiger partial charge in [-0.2, -0.15) is 0 Å². The molecule has 0 bridgehead atoms. The normalized spacial score (nSPS) is 14.3. The van der Waals surface area contributed by atoms with Gasteiger partial charge in [-0.05, 0) is 24.6 Å². The molecule has 0 radical (unpaired) electrons. The molecule has 1 aromatic heterocycles. The zero-order valence-electron chi connectivity index (χ0n) is 14.1. The molecule has 2 aromatic rings. The zero-order chi connectivity index (χ0) is 17.6. The van der Waals surface area contributed by atoms with Gasteiger partial charge < -0.3 is 14.5 Å². The molecule has 130 valence electrons. The van der Waals surface area contributed by atoms with Crippen LogP contribution in [-0.4, -0.2) is 59.5 Å². The maximum atomic E-state index is 12.3. The van der Waals surface area contributed by atoms with E-state index < -0.39 is 5.97 Å². The Bertz CT molecular complexity index is 743. The monoisotopic (exact) mass is 340 g/mol. The highest BCUT2D eigenvalue weighted by molar-refractivity contribution is 5.92. The number of hydrogen-bond acceptors (Lipinski definition) is 6. The van der Waals surface area contributed by atoms with Crippen molar-refractivity contribution in [2.75, 3.05) is 37.7 Å². The molecule has 1 fully saturated rings. The van der Waals surface area contributed by atoms with Crippen molar-refractivity contribution in [2.24, 2.45) is 0 Å². The molecule has 0 N–H and O–H groups in total. The number of piperazine rings is 1. The number of rotatable bonds is 4. The molecule has 1 amide bonds. The van der Waals surface area contributed by atoms with Crippen LogP contribution in [0.4, 0.5) is 5.95 Å². The lowest BCUT2D eigenvalue weighted by atomic mass is 10.1. The quantitative estimate of drug-likeness (QED) is 0.781. The summed E-state index contributed by atoms with van der Waals surface area (Å²) in [6.45, 7) is 4.01. The maximum absolute atomic E-state index is 12.3. The highest BCUT2D eigenvalue weighted by atomic mass is 16.5. The third-order valence-electron chi connectivity index (χ3n) is 4.16. The van der Waals surface area contributed by atoms with Gasteiger partial charge in [-0.3, -0.25) is 4.79 Å². The SMILES string of the molecule is Cc1ccccc1C(=O)OCC(=O)N1CCN(c2ncccn2)CC1. The largest absolute Gasteiger partial charge is 0.452 e. The number of carbonyl (C=O) groups is 2. The van der Waals surface area contributed by atoms with Crippen LogP contribution >= 0.6 is 0 Å². The van der Waals surface area contributed by atoms with Crippen LogP contribution in [-0.2, 0) is 9.53 Å². The van der Waals surface area contributed by atoms with E-state index in [1.54, 1.807) is 35.5 Å². The van der Waals surface area contributed by atoms with Gasteiger partial charge in [0, 0.05) is 38.6 Å². The first-order chi connectivity index (χ1) is 12.1. The molecule has 25 heavy (non-hydrogen) atoms. The summed E-state index contributed by atoms with van der Waals surface area (Å²) in [7, 11) is 0. The van der Waals surface area contributed by atoms with E-state index in [1.165, 1.54) is 0 Å². The predicted molar refractivity (Wildman–Crippen MR) is 92.3 cm³/mol. The van der Waals surface area contributed by atoms with Gasteiger partial charge in [-0.15, -0.1) is 0 Å². The highest BCUT2D eigenvalue weighted by Crippen LogP contribution is 2.11. The third kappa shape index (κ3) is 4.12. The highest BCUT2D eigenvalue weighted by Gasteiger charge is 2.23. The van der Waals surface area contributed by atoms with Crippen LogP contribution in [0.5, 0.6) is 0 Å². The molecule has 1 saturated heterocycles. The molecule has 0 spiro atoms. The molecule has 0 atom stereocenters. The molecule has 1 aliphatic rings. The Morgan fingerprint density at radius 2 is 1.72 bits per heavy atom. The first kappa shape index (κ1) is 16.9. The lowest BCUT2D eigenvalue weighted by Crippen LogP contribution is -2.50. The number of ether oxygens (including phenoxy) is 1. The fraction of sp³-hybridized carbons (Fsp3) is 0.333. The van der Waals surface area contributed by atoms with E-state index in [-0.39, 0.29) is 12.5 Å². The fourth-order valence-corrected chi connectivity index (χ4v) is 2.71. The lowest BCUT2D eigenvalue weighted by molar-refractivity contribution is -0.134. The number of amides is 1. The number of aryl methyl sites for hydroxylation is 1. The van der Waals surface area contributed by atoms with E-state index >= 15 is 0 Å². The van der Waals surface area contributed by atoms with Crippen molar-refractivity contribution in [3.63, 3.8) is 0 Å². The van der Waals surface area contributed by atoms with Crippen LogP contribution in [0.15, 0.2) is 42.7 Å². The minimum absolute atomic E-state index is 0.185. The topological polar surface area (TPSA) is 75.6 Å². The van der Waals surface area contributed by atoms with E-state index in [4.69, 9.17) is 4.74 Å². The van der Waals surface area contributed by atoms with Crippen molar-refractivity contribution in [1.29, 1.82) is 0 Å².